The van der Waals surface area contributed by atoms with Gasteiger partial charge in [0.2, 0.25) is 0 Å². The van der Waals surface area contributed by atoms with Crippen LogP contribution in [-0.2, 0) is 14.2 Å². The minimum absolute atomic E-state index is 0.290. The fraction of sp³-hybridized carbons (Fsp3) is 1.00. The van der Waals surface area contributed by atoms with E-state index in [1.807, 2.05) is 21.3 Å². The number of hydrogen-bond acceptors (Lipinski definition) is 3. The molecule has 3 atom stereocenters. The molecule has 22 heavy (non-hydrogen) atoms. The lowest BCUT2D eigenvalue weighted by Crippen LogP contribution is -2.27. The summed E-state index contributed by atoms with van der Waals surface area (Å²) in [6.45, 7) is 6.72. The van der Waals surface area contributed by atoms with Crippen LogP contribution in [0.25, 0.3) is 0 Å². The van der Waals surface area contributed by atoms with Crippen LogP contribution < -0.4 is 0 Å². The highest BCUT2D eigenvalue weighted by atomic mass is 31.1. The van der Waals surface area contributed by atoms with Crippen LogP contribution >= 0.6 is 7.92 Å². The van der Waals surface area contributed by atoms with E-state index in [4.69, 9.17) is 14.2 Å². The summed E-state index contributed by atoms with van der Waals surface area (Å²) in [7, 11) is 5.11. The number of unbranched alkanes of at least 4 members (excludes halogenated alkanes) is 3. The van der Waals surface area contributed by atoms with E-state index in [0.29, 0.717) is 17.5 Å². The summed E-state index contributed by atoms with van der Waals surface area (Å²) in [5.74, 6) is 0.871. The molecule has 0 heterocycles. The number of ether oxygens (including phenoxy) is 3. The van der Waals surface area contributed by atoms with Crippen molar-refractivity contribution in [2.75, 3.05) is 21.3 Å². The molecule has 0 aliphatic rings. The van der Waals surface area contributed by atoms with Gasteiger partial charge in [0.15, 0.2) is 0 Å². The smallest absolute Gasteiger partial charge is 0.0811 e. The molecule has 0 aliphatic carbocycles. The van der Waals surface area contributed by atoms with E-state index >= 15 is 0 Å². The van der Waals surface area contributed by atoms with Gasteiger partial charge in [-0.1, -0.05) is 59.3 Å². The minimum Gasteiger partial charge on any atom is -0.377 e. The van der Waals surface area contributed by atoms with Gasteiger partial charge in [0.1, 0.15) is 0 Å². The van der Waals surface area contributed by atoms with E-state index in [1.165, 1.54) is 38.5 Å². The molecule has 0 aromatic carbocycles. The van der Waals surface area contributed by atoms with Gasteiger partial charge >= 0.3 is 0 Å². The van der Waals surface area contributed by atoms with Gasteiger partial charge in [-0.25, -0.2) is 0 Å². The molecule has 3 nitrogen and oxygen atoms in total. The van der Waals surface area contributed by atoms with Crippen molar-refractivity contribution in [2.24, 2.45) is 0 Å². The zero-order valence-electron chi connectivity index (χ0n) is 15.8. The molecule has 0 aromatic heterocycles. The first-order valence-corrected chi connectivity index (χ1v) is 10.6. The maximum Gasteiger partial charge on any atom is 0.0811 e. The summed E-state index contributed by atoms with van der Waals surface area (Å²) in [6.07, 6.45) is 10.6. The van der Waals surface area contributed by atoms with Gasteiger partial charge in [-0.3, -0.25) is 0 Å². The van der Waals surface area contributed by atoms with Crippen LogP contribution in [0.2, 0.25) is 0 Å². The van der Waals surface area contributed by atoms with E-state index < -0.39 is 7.92 Å². The van der Waals surface area contributed by atoms with Crippen LogP contribution in [0.1, 0.15) is 78.6 Å². The molecule has 0 bridgehead atoms. The largest absolute Gasteiger partial charge is 0.377 e. The van der Waals surface area contributed by atoms with Gasteiger partial charge in [0.25, 0.3) is 0 Å². The molecular weight excluding hydrogens is 295 g/mol. The van der Waals surface area contributed by atoms with E-state index in [2.05, 4.69) is 20.8 Å². The summed E-state index contributed by atoms with van der Waals surface area (Å²) in [5.41, 5.74) is 0. The quantitative estimate of drug-likeness (QED) is 0.346. The van der Waals surface area contributed by atoms with Crippen LogP contribution in [0.5, 0.6) is 0 Å². The van der Waals surface area contributed by atoms with Crippen molar-refractivity contribution in [3.63, 3.8) is 0 Å². The summed E-state index contributed by atoms with van der Waals surface area (Å²) in [6, 6.07) is 0. The monoisotopic (exact) mass is 334 g/mol. The third kappa shape index (κ3) is 8.24. The Morgan fingerprint density at radius 3 is 1.05 bits per heavy atom. The first-order valence-electron chi connectivity index (χ1n) is 9.05. The number of hydrogen-bond donors (Lipinski definition) is 0. The number of rotatable bonds is 15. The van der Waals surface area contributed by atoms with E-state index in [0.717, 1.165) is 19.3 Å². The molecule has 134 valence electrons. The van der Waals surface area contributed by atoms with Gasteiger partial charge in [-0.05, 0) is 27.2 Å². The Labute approximate surface area is 140 Å². The van der Waals surface area contributed by atoms with Crippen molar-refractivity contribution < 1.29 is 14.2 Å². The van der Waals surface area contributed by atoms with E-state index in [-0.39, 0.29) is 0 Å². The highest BCUT2D eigenvalue weighted by Gasteiger charge is 2.35. The maximum atomic E-state index is 5.91. The Morgan fingerprint density at radius 2 is 0.864 bits per heavy atom. The first-order chi connectivity index (χ1) is 10.7. The predicted molar refractivity (Wildman–Crippen MR) is 97.9 cm³/mol. The van der Waals surface area contributed by atoms with Crippen molar-refractivity contribution in [3.05, 3.63) is 0 Å². The van der Waals surface area contributed by atoms with Crippen molar-refractivity contribution in [1.82, 2.24) is 0 Å². The maximum absolute atomic E-state index is 5.91. The van der Waals surface area contributed by atoms with E-state index in [1.54, 1.807) is 0 Å². The third-order valence-electron chi connectivity index (χ3n) is 4.23. The lowest BCUT2D eigenvalue weighted by atomic mass is 10.2. The van der Waals surface area contributed by atoms with Gasteiger partial charge in [0.05, 0.1) is 17.5 Å². The normalized spacial score (nSPS) is 17.2. The molecule has 0 fully saturated rings. The fourth-order valence-electron chi connectivity index (χ4n) is 2.86. The Kier molecular flexibility index (Phi) is 15.1. The Balaban J connectivity index is 5.11. The second-order valence-corrected chi connectivity index (χ2v) is 8.57. The lowest BCUT2D eigenvalue weighted by molar-refractivity contribution is 0.104. The topological polar surface area (TPSA) is 27.7 Å². The molecule has 4 heteroatoms. The molecule has 0 saturated carbocycles. The van der Waals surface area contributed by atoms with Crippen molar-refractivity contribution in [2.45, 2.75) is 96.1 Å². The van der Waals surface area contributed by atoms with Crippen LogP contribution in [0.15, 0.2) is 0 Å². The highest BCUT2D eigenvalue weighted by Crippen LogP contribution is 2.56. The van der Waals surface area contributed by atoms with Gasteiger partial charge in [-0.15, -0.1) is 0 Å². The first kappa shape index (κ1) is 22.3. The highest BCUT2D eigenvalue weighted by molar-refractivity contribution is 7.59. The molecule has 0 saturated heterocycles. The van der Waals surface area contributed by atoms with Crippen LogP contribution in [0.3, 0.4) is 0 Å². The molecule has 3 unspecified atom stereocenters. The molecule has 0 aliphatic heterocycles. The molecule has 0 radical (unpaired) electrons. The molecule has 0 spiro atoms. The average molecular weight is 334 g/mol. The zero-order chi connectivity index (χ0) is 16.8. The minimum atomic E-state index is -0.453. The fourth-order valence-corrected chi connectivity index (χ4v) is 6.14. The molecule has 0 rings (SSSR count). The van der Waals surface area contributed by atoms with Crippen LogP contribution in [0, 0.1) is 0 Å². The molecular formula is C18H39O3P. The average Bonchev–Trinajstić information content (AvgIpc) is 2.55. The lowest BCUT2D eigenvalue weighted by Gasteiger charge is -2.38. The summed E-state index contributed by atoms with van der Waals surface area (Å²) in [5, 5.41) is 0. The Morgan fingerprint density at radius 1 is 0.591 bits per heavy atom. The second-order valence-electron chi connectivity index (χ2n) is 5.94. The third-order valence-corrected chi connectivity index (χ3v) is 7.63. The standard InChI is InChI=1S/C18H39O3P/c1-7-10-13-16(19-4)22(17(20-5)14-11-8-2)18(21-6)15-12-9-3/h16-18H,7-15H2,1-6H3. The second kappa shape index (κ2) is 14.9. The Hall–Kier alpha value is 0.310. The molecule has 0 aromatic rings. The van der Waals surface area contributed by atoms with Crippen LogP contribution in [0.4, 0.5) is 0 Å². The summed E-state index contributed by atoms with van der Waals surface area (Å²) < 4.78 is 17.7. The van der Waals surface area contributed by atoms with Crippen molar-refractivity contribution in [3.8, 4) is 0 Å². The zero-order valence-corrected chi connectivity index (χ0v) is 16.7. The van der Waals surface area contributed by atoms with Crippen molar-refractivity contribution in [1.29, 1.82) is 0 Å². The van der Waals surface area contributed by atoms with Crippen LogP contribution in [-0.4, -0.2) is 38.9 Å². The number of methoxy groups -OCH3 is 3. The summed E-state index contributed by atoms with van der Waals surface area (Å²) >= 11 is 0. The van der Waals surface area contributed by atoms with Gasteiger partial charge in [-0.2, -0.15) is 0 Å². The predicted octanol–water partition coefficient (Wildman–Crippen LogP) is 5.96. The SMILES string of the molecule is CCCCC(OC)P(C(CCCC)OC)C(CCCC)OC. The summed E-state index contributed by atoms with van der Waals surface area (Å²) in [4.78, 5) is 0. The molecule has 0 N–H and O–H groups in total. The van der Waals surface area contributed by atoms with Gasteiger partial charge < -0.3 is 14.2 Å². The van der Waals surface area contributed by atoms with E-state index in [9.17, 15) is 0 Å². The molecule has 0 amide bonds. The van der Waals surface area contributed by atoms with Gasteiger partial charge in [0, 0.05) is 21.3 Å². The Bertz CT molecular complexity index is 200. The van der Waals surface area contributed by atoms with Crippen molar-refractivity contribution >= 4 is 7.92 Å².